The maximum Gasteiger partial charge on any atom is 0.227 e. The zero-order valence-electron chi connectivity index (χ0n) is 12.3. The van der Waals surface area contributed by atoms with E-state index in [4.69, 9.17) is 4.74 Å². The summed E-state index contributed by atoms with van der Waals surface area (Å²) >= 11 is 0. The summed E-state index contributed by atoms with van der Waals surface area (Å²) in [6.45, 7) is 5.92. The van der Waals surface area contributed by atoms with Gasteiger partial charge in [0, 0.05) is 19.0 Å². The quantitative estimate of drug-likeness (QED) is 0.829. The lowest BCUT2D eigenvalue weighted by Gasteiger charge is -2.34. The number of nitrogens with zero attached hydrogens (tertiary/aromatic N) is 1. The molecule has 0 bridgehead atoms. The van der Waals surface area contributed by atoms with Crippen LogP contribution in [0.1, 0.15) is 30.9 Å². The Morgan fingerprint density at radius 3 is 2.85 bits per heavy atom. The normalized spacial score (nSPS) is 29.3. The number of amides is 1. The number of aryl methyl sites for hydroxylation is 1. The van der Waals surface area contributed by atoms with Gasteiger partial charge in [-0.05, 0) is 32.3 Å². The Morgan fingerprint density at radius 1 is 1.35 bits per heavy atom. The fourth-order valence-electron chi connectivity index (χ4n) is 3.42. The van der Waals surface area contributed by atoms with Crippen LogP contribution in [0.25, 0.3) is 0 Å². The maximum absolute atomic E-state index is 12.4. The summed E-state index contributed by atoms with van der Waals surface area (Å²) in [6, 6.07) is 8.25. The summed E-state index contributed by atoms with van der Waals surface area (Å²) in [6.07, 6.45) is 3.35. The Bertz CT molecular complexity index is 482. The Morgan fingerprint density at radius 2 is 2.10 bits per heavy atom. The minimum Gasteiger partial charge on any atom is -0.375 e. The smallest absolute Gasteiger partial charge is 0.227 e. The minimum absolute atomic E-state index is 0.256. The van der Waals surface area contributed by atoms with E-state index in [1.807, 2.05) is 4.90 Å². The highest BCUT2D eigenvalue weighted by Crippen LogP contribution is 2.32. The van der Waals surface area contributed by atoms with E-state index in [0.29, 0.717) is 24.5 Å². The van der Waals surface area contributed by atoms with Crippen molar-refractivity contribution in [1.82, 2.24) is 4.90 Å². The average molecular weight is 273 g/mol. The second-order valence-electron chi connectivity index (χ2n) is 6.27. The lowest BCUT2D eigenvalue weighted by molar-refractivity contribution is -0.133. The number of fused-ring (bicyclic) bond motifs is 1. The summed E-state index contributed by atoms with van der Waals surface area (Å²) in [5.74, 6) is 0.799. The van der Waals surface area contributed by atoms with Crippen LogP contribution in [-0.2, 0) is 16.0 Å². The van der Waals surface area contributed by atoms with Crippen LogP contribution < -0.4 is 0 Å². The summed E-state index contributed by atoms with van der Waals surface area (Å²) in [7, 11) is 0. The Kier molecular flexibility index (Phi) is 3.79. The van der Waals surface area contributed by atoms with Crippen LogP contribution in [0.15, 0.2) is 24.3 Å². The second-order valence-corrected chi connectivity index (χ2v) is 6.27. The van der Waals surface area contributed by atoms with Gasteiger partial charge in [0.25, 0.3) is 0 Å². The molecule has 20 heavy (non-hydrogen) atoms. The van der Waals surface area contributed by atoms with E-state index in [1.54, 1.807) is 0 Å². The number of hydrogen-bond donors (Lipinski definition) is 0. The number of rotatable bonds is 2. The Balaban J connectivity index is 1.59. The van der Waals surface area contributed by atoms with Crippen LogP contribution in [0.4, 0.5) is 0 Å². The molecular formula is C17H23NO2. The van der Waals surface area contributed by atoms with E-state index >= 15 is 0 Å². The number of benzene rings is 1. The lowest BCUT2D eigenvalue weighted by atomic mass is 9.92. The topological polar surface area (TPSA) is 29.5 Å². The first-order chi connectivity index (χ1) is 9.61. The van der Waals surface area contributed by atoms with Gasteiger partial charge in [-0.1, -0.05) is 29.8 Å². The highest BCUT2D eigenvalue weighted by atomic mass is 16.5. The van der Waals surface area contributed by atoms with Crippen LogP contribution in [0.5, 0.6) is 0 Å². The fourth-order valence-corrected chi connectivity index (χ4v) is 3.42. The number of carbonyl (C=O) groups is 1. The summed E-state index contributed by atoms with van der Waals surface area (Å²) in [4.78, 5) is 14.4. The highest BCUT2D eigenvalue weighted by Gasteiger charge is 2.38. The van der Waals surface area contributed by atoms with E-state index < -0.39 is 0 Å². The Labute approximate surface area is 120 Å². The number of likely N-dealkylation sites (tertiary alicyclic amines) is 1. The van der Waals surface area contributed by atoms with E-state index in [2.05, 4.69) is 38.1 Å². The Hall–Kier alpha value is -1.35. The van der Waals surface area contributed by atoms with E-state index in [0.717, 1.165) is 31.5 Å². The fraction of sp³-hybridized carbons (Fsp3) is 0.588. The van der Waals surface area contributed by atoms with Crippen LogP contribution in [0.3, 0.4) is 0 Å². The maximum atomic E-state index is 12.4. The molecule has 2 aliphatic heterocycles. The molecule has 0 N–H and O–H groups in total. The molecule has 108 valence electrons. The van der Waals surface area contributed by atoms with Crippen molar-refractivity contribution in [2.75, 3.05) is 13.1 Å². The molecular weight excluding hydrogens is 250 g/mol. The van der Waals surface area contributed by atoms with Gasteiger partial charge in [0.05, 0.1) is 18.6 Å². The van der Waals surface area contributed by atoms with Crippen LogP contribution in [0.2, 0.25) is 0 Å². The molecule has 1 amide bonds. The third kappa shape index (κ3) is 2.88. The third-order valence-electron chi connectivity index (χ3n) is 4.53. The lowest BCUT2D eigenvalue weighted by Crippen LogP contribution is -2.45. The molecule has 0 aliphatic carbocycles. The molecule has 2 aliphatic rings. The molecule has 2 fully saturated rings. The summed E-state index contributed by atoms with van der Waals surface area (Å²) < 4.78 is 5.89. The van der Waals surface area contributed by atoms with Gasteiger partial charge in [-0.2, -0.15) is 0 Å². The van der Waals surface area contributed by atoms with Crippen molar-refractivity contribution in [3.63, 3.8) is 0 Å². The summed E-state index contributed by atoms with van der Waals surface area (Å²) in [5.41, 5.74) is 2.35. The largest absolute Gasteiger partial charge is 0.375 e. The molecule has 1 aromatic carbocycles. The summed E-state index contributed by atoms with van der Waals surface area (Å²) in [5, 5.41) is 0. The zero-order valence-corrected chi connectivity index (χ0v) is 12.3. The van der Waals surface area contributed by atoms with Gasteiger partial charge in [0.15, 0.2) is 0 Å². The average Bonchev–Trinajstić information content (AvgIpc) is 2.80. The second kappa shape index (κ2) is 5.57. The first-order valence-corrected chi connectivity index (χ1v) is 7.60. The zero-order chi connectivity index (χ0) is 14.1. The van der Waals surface area contributed by atoms with E-state index in [1.165, 1.54) is 5.56 Å². The molecule has 3 rings (SSSR count). The van der Waals surface area contributed by atoms with Crippen molar-refractivity contribution in [3.8, 4) is 0 Å². The van der Waals surface area contributed by atoms with Gasteiger partial charge in [0.1, 0.15) is 0 Å². The van der Waals surface area contributed by atoms with Crippen molar-refractivity contribution >= 4 is 5.91 Å². The molecule has 0 unspecified atom stereocenters. The van der Waals surface area contributed by atoms with Crippen molar-refractivity contribution in [2.24, 2.45) is 5.92 Å². The van der Waals surface area contributed by atoms with E-state index in [9.17, 15) is 4.79 Å². The number of carbonyl (C=O) groups excluding carboxylic acids is 1. The predicted molar refractivity (Wildman–Crippen MR) is 78.5 cm³/mol. The van der Waals surface area contributed by atoms with Gasteiger partial charge in [-0.25, -0.2) is 0 Å². The van der Waals surface area contributed by atoms with Gasteiger partial charge in [0.2, 0.25) is 5.91 Å². The molecule has 0 saturated carbocycles. The number of hydrogen-bond acceptors (Lipinski definition) is 2. The monoisotopic (exact) mass is 273 g/mol. The van der Waals surface area contributed by atoms with Gasteiger partial charge >= 0.3 is 0 Å². The first kappa shape index (κ1) is 13.6. The SMILES string of the molecule is Cc1ccc(CC(=O)N2CC[C@H]3O[C@@H](C)C[C@H]3C2)cc1. The molecule has 1 aromatic rings. The molecule has 2 saturated heterocycles. The molecule has 0 radical (unpaired) electrons. The van der Waals surface area contributed by atoms with E-state index in [-0.39, 0.29) is 5.91 Å². The molecule has 2 heterocycles. The van der Waals surface area contributed by atoms with Crippen molar-refractivity contribution < 1.29 is 9.53 Å². The van der Waals surface area contributed by atoms with Crippen LogP contribution >= 0.6 is 0 Å². The minimum atomic E-state index is 0.256. The van der Waals surface area contributed by atoms with Crippen molar-refractivity contribution in [2.45, 2.75) is 45.3 Å². The number of ether oxygens (including phenoxy) is 1. The molecule has 3 nitrogen and oxygen atoms in total. The highest BCUT2D eigenvalue weighted by molar-refractivity contribution is 5.78. The number of piperidine rings is 1. The first-order valence-electron chi connectivity index (χ1n) is 7.60. The third-order valence-corrected chi connectivity index (χ3v) is 4.53. The van der Waals surface area contributed by atoms with Gasteiger partial charge in [-0.3, -0.25) is 4.79 Å². The van der Waals surface area contributed by atoms with Crippen LogP contribution in [0, 0.1) is 12.8 Å². The molecule has 0 aromatic heterocycles. The molecule has 3 atom stereocenters. The van der Waals surface area contributed by atoms with Gasteiger partial charge < -0.3 is 9.64 Å². The standard InChI is InChI=1S/C17H23NO2/c1-12-3-5-14(6-4-12)10-17(19)18-8-7-16-15(11-18)9-13(2)20-16/h3-6,13,15-16H,7-11H2,1-2H3/t13-,15-,16+/m0/s1. The molecule has 0 spiro atoms. The van der Waals surface area contributed by atoms with Crippen molar-refractivity contribution in [3.05, 3.63) is 35.4 Å². The van der Waals surface area contributed by atoms with Crippen molar-refractivity contribution in [1.29, 1.82) is 0 Å². The van der Waals surface area contributed by atoms with Crippen LogP contribution in [-0.4, -0.2) is 36.1 Å². The van der Waals surface area contributed by atoms with Gasteiger partial charge in [-0.15, -0.1) is 0 Å². The predicted octanol–water partition coefficient (Wildman–Crippen LogP) is 2.56. The molecule has 3 heteroatoms.